The number of hydrogen-bond donors (Lipinski definition) is 0. The van der Waals surface area contributed by atoms with Gasteiger partial charge in [-0.1, -0.05) is 12.1 Å². The number of ketones is 1. The predicted octanol–water partition coefficient (Wildman–Crippen LogP) is 4.15. The van der Waals surface area contributed by atoms with Gasteiger partial charge >= 0.3 is 11.9 Å². The fourth-order valence-corrected chi connectivity index (χ4v) is 4.34. The van der Waals surface area contributed by atoms with Gasteiger partial charge in [0.1, 0.15) is 10.9 Å². The fourth-order valence-electron chi connectivity index (χ4n) is 3.16. The SMILES string of the molecule is CCOC(=O)c1sc(CC(=O)/C(C#N)=C/c2cccc(OC)c2OC)c(C(=O)OCC)c1C. The van der Waals surface area contributed by atoms with Gasteiger partial charge in [-0.3, -0.25) is 4.79 Å². The number of hydrogen-bond acceptors (Lipinski definition) is 9. The van der Waals surface area contributed by atoms with E-state index in [1.165, 1.54) is 20.3 Å². The number of methoxy groups -OCH3 is 2. The molecule has 9 heteroatoms. The lowest BCUT2D eigenvalue weighted by atomic mass is 10.0. The van der Waals surface area contributed by atoms with Crippen LogP contribution >= 0.6 is 11.3 Å². The van der Waals surface area contributed by atoms with Gasteiger partial charge in [0.05, 0.1) is 38.6 Å². The number of allylic oxidation sites excluding steroid dienone is 1. The molecule has 0 aliphatic carbocycles. The standard InChI is InChI=1S/C24H25NO7S/c1-6-31-23(27)20-14(3)22(24(28)32-7-2)33-19(20)12-17(26)16(13-25)11-15-9-8-10-18(29-4)21(15)30-5/h8-11H,6-7,12H2,1-5H3/b16-11+. The van der Waals surface area contributed by atoms with Crippen molar-refractivity contribution in [1.29, 1.82) is 5.26 Å². The number of esters is 2. The highest BCUT2D eigenvalue weighted by Gasteiger charge is 2.28. The maximum Gasteiger partial charge on any atom is 0.348 e. The van der Waals surface area contributed by atoms with Crippen molar-refractivity contribution >= 4 is 35.1 Å². The summed E-state index contributed by atoms with van der Waals surface area (Å²) in [6.07, 6.45) is 1.14. The first kappa shape index (κ1) is 25.6. The minimum atomic E-state index is -0.637. The molecule has 0 aliphatic rings. The summed E-state index contributed by atoms with van der Waals surface area (Å²) in [6, 6.07) is 7.00. The van der Waals surface area contributed by atoms with E-state index in [1.54, 1.807) is 39.0 Å². The van der Waals surface area contributed by atoms with Crippen molar-refractivity contribution in [3.05, 3.63) is 50.2 Å². The molecule has 33 heavy (non-hydrogen) atoms. The summed E-state index contributed by atoms with van der Waals surface area (Å²) in [5.41, 5.74) is 0.883. The zero-order chi connectivity index (χ0) is 24.5. The Kier molecular flexibility index (Phi) is 9.18. The lowest BCUT2D eigenvalue weighted by Crippen LogP contribution is -2.12. The number of para-hydroxylation sites is 1. The molecule has 0 aliphatic heterocycles. The molecule has 0 N–H and O–H groups in total. The Balaban J connectivity index is 2.49. The van der Waals surface area contributed by atoms with Crippen molar-refractivity contribution in [3.63, 3.8) is 0 Å². The minimum absolute atomic E-state index is 0.134. The Morgan fingerprint density at radius 3 is 2.30 bits per heavy atom. The largest absolute Gasteiger partial charge is 0.493 e. The van der Waals surface area contributed by atoms with Gasteiger partial charge in [-0.15, -0.1) is 11.3 Å². The summed E-state index contributed by atoms with van der Waals surface area (Å²) in [6.45, 7) is 5.24. The van der Waals surface area contributed by atoms with Crippen LogP contribution in [0.2, 0.25) is 0 Å². The Labute approximate surface area is 196 Å². The number of benzene rings is 1. The number of ether oxygens (including phenoxy) is 4. The van der Waals surface area contributed by atoms with Crippen LogP contribution in [0.4, 0.5) is 0 Å². The molecule has 0 spiro atoms. The molecule has 0 radical (unpaired) electrons. The first-order valence-electron chi connectivity index (χ1n) is 10.1. The molecule has 174 valence electrons. The number of Topliss-reactive ketones (excluding diaryl/α,β-unsaturated/α-hetero) is 1. The van der Waals surface area contributed by atoms with Gasteiger partial charge in [0.2, 0.25) is 0 Å². The first-order valence-corrected chi connectivity index (χ1v) is 11.0. The third-order valence-electron chi connectivity index (χ3n) is 4.64. The van der Waals surface area contributed by atoms with Gasteiger partial charge < -0.3 is 18.9 Å². The van der Waals surface area contributed by atoms with E-state index in [0.717, 1.165) is 11.3 Å². The second-order valence-electron chi connectivity index (χ2n) is 6.65. The highest BCUT2D eigenvalue weighted by atomic mass is 32.1. The van der Waals surface area contributed by atoms with E-state index in [0.29, 0.717) is 27.5 Å². The Hall–Kier alpha value is -3.64. The van der Waals surface area contributed by atoms with Gasteiger partial charge in [0.25, 0.3) is 0 Å². The lowest BCUT2D eigenvalue weighted by Gasteiger charge is -2.10. The van der Waals surface area contributed by atoms with E-state index in [4.69, 9.17) is 18.9 Å². The highest BCUT2D eigenvalue weighted by molar-refractivity contribution is 7.14. The van der Waals surface area contributed by atoms with Crippen LogP contribution in [0.25, 0.3) is 6.08 Å². The van der Waals surface area contributed by atoms with Crippen LogP contribution in [0, 0.1) is 18.3 Å². The van der Waals surface area contributed by atoms with Crippen LogP contribution in [0.5, 0.6) is 11.5 Å². The summed E-state index contributed by atoms with van der Waals surface area (Å²) in [5, 5.41) is 9.63. The molecule has 2 aromatic rings. The van der Waals surface area contributed by atoms with E-state index in [1.807, 2.05) is 6.07 Å². The normalized spacial score (nSPS) is 10.8. The Morgan fingerprint density at radius 2 is 1.73 bits per heavy atom. The van der Waals surface area contributed by atoms with Crippen LogP contribution in [0.15, 0.2) is 23.8 Å². The molecule has 2 rings (SSSR count). The number of carbonyl (C=O) groups is 3. The quantitative estimate of drug-likeness (QED) is 0.289. The molecule has 0 bridgehead atoms. The predicted molar refractivity (Wildman–Crippen MR) is 123 cm³/mol. The van der Waals surface area contributed by atoms with Crippen LogP contribution in [0.3, 0.4) is 0 Å². The second kappa shape index (κ2) is 11.8. The van der Waals surface area contributed by atoms with Crippen molar-refractivity contribution in [3.8, 4) is 17.6 Å². The molecule has 1 aromatic heterocycles. The molecule has 0 saturated carbocycles. The van der Waals surface area contributed by atoms with Gasteiger partial charge in [0, 0.05) is 16.9 Å². The molecule has 0 unspecified atom stereocenters. The van der Waals surface area contributed by atoms with Crippen molar-refractivity contribution in [2.45, 2.75) is 27.2 Å². The maximum absolute atomic E-state index is 13.0. The number of rotatable bonds is 10. The third-order valence-corrected chi connectivity index (χ3v) is 5.91. The average Bonchev–Trinajstić information content (AvgIpc) is 3.12. The summed E-state index contributed by atoms with van der Waals surface area (Å²) in [5.74, 6) is -0.912. The summed E-state index contributed by atoms with van der Waals surface area (Å²) >= 11 is 0.987. The molecule has 1 heterocycles. The number of nitrogens with zero attached hydrogens (tertiary/aromatic N) is 1. The first-order chi connectivity index (χ1) is 15.8. The number of thiophene rings is 1. The molecular weight excluding hydrogens is 446 g/mol. The zero-order valence-corrected chi connectivity index (χ0v) is 20.0. The molecule has 0 fully saturated rings. The lowest BCUT2D eigenvalue weighted by molar-refractivity contribution is -0.114. The van der Waals surface area contributed by atoms with E-state index >= 15 is 0 Å². The molecule has 1 aromatic carbocycles. The highest BCUT2D eigenvalue weighted by Crippen LogP contribution is 2.33. The summed E-state index contributed by atoms with van der Waals surface area (Å²) in [4.78, 5) is 38.5. The number of carbonyl (C=O) groups excluding carboxylic acids is 3. The number of nitriles is 1. The Morgan fingerprint density at radius 1 is 1.06 bits per heavy atom. The van der Waals surface area contributed by atoms with E-state index in [2.05, 4.69) is 0 Å². The summed E-state index contributed by atoms with van der Waals surface area (Å²) in [7, 11) is 2.94. The maximum atomic E-state index is 13.0. The van der Waals surface area contributed by atoms with E-state index in [9.17, 15) is 19.6 Å². The van der Waals surface area contributed by atoms with Gasteiger partial charge in [-0.2, -0.15) is 5.26 Å². The topological polar surface area (TPSA) is 112 Å². The van der Waals surface area contributed by atoms with Crippen molar-refractivity contribution in [2.24, 2.45) is 0 Å². The van der Waals surface area contributed by atoms with Crippen molar-refractivity contribution in [2.75, 3.05) is 27.4 Å². The van der Waals surface area contributed by atoms with E-state index < -0.39 is 17.7 Å². The zero-order valence-electron chi connectivity index (χ0n) is 19.1. The van der Waals surface area contributed by atoms with Gasteiger partial charge in [-0.25, -0.2) is 9.59 Å². The second-order valence-corrected chi connectivity index (χ2v) is 7.75. The molecular formula is C24H25NO7S. The smallest absolute Gasteiger partial charge is 0.348 e. The van der Waals surface area contributed by atoms with Crippen LogP contribution in [-0.2, 0) is 20.7 Å². The van der Waals surface area contributed by atoms with Crippen LogP contribution in [0.1, 0.15) is 49.9 Å². The molecule has 0 amide bonds. The molecule has 0 saturated heterocycles. The summed E-state index contributed by atoms with van der Waals surface area (Å²) < 4.78 is 20.8. The molecule has 0 atom stereocenters. The van der Waals surface area contributed by atoms with Crippen molar-refractivity contribution in [1.82, 2.24) is 0 Å². The fraction of sp³-hybridized carbons (Fsp3) is 0.333. The monoisotopic (exact) mass is 471 g/mol. The van der Waals surface area contributed by atoms with Gasteiger partial charge in [0.15, 0.2) is 17.3 Å². The Bertz CT molecular complexity index is 1120. The van der Waals surface area contributed by atoms with Crippen molar-refractivity contribution < 1.29 is 33.3 Å². The average molecular weight is 472 g/mol. The van der Waals surface area contributed by atoms with Crippen LogP contribution < -0.4 is 9.47 Å². The molecule has 8 nitrogen and oxygen atoms in total. The third kappa shape index (κ3) is 5.79. The van der Waals surface area contributed by atoms with E-state index in [-0.39, 0.29) is 35.6 Å². The minimum Gasteiger partial charge on any atom is -0.493 e. The van der Waals surface area contributed by atoms with Crippen LogP contribution in [-0.4, -0.2) is 45.2 Å². The van der Waals surface area contributed by atoms with Gasteiger partial charge in [-0.05, 0) is 38.5 Å².